The van der Waals surface area contributed by atoms with E-state index in [1.165, 1.54) is 27.4 Å². The first-order valence-electron chi connectivity index (χ1n) is 9.41. The van der Waals surface area contributed by atoms with Crippen LogP contribution in [-0.2, 0) is 22.9 Å². The number of sulfonamides is 1. The highest BCUT2D eigenvalue weighted by Gasteiger charge is 2.31. The quantitative estimate of drug-likeness (QED) is 0.769. The van der Waals surface area contributed by atoms with E-state index in [2.05, 4.69) is 26.8 Å². The third kappa shape index (κ3) is 4.31. The summed E-state index contributed by atoms with van der Waals surface area (Å²) < 4.78 is 25.0. The fourth-order valence-electron chi connectivity index (χ4n) is 3.95. The van der Waals surface area contributed by atoms with E-state index in [-0.39, 0.29) is 5.91 Å². The number of fused-ring (bicyclic) bond motifs is 1. The molecule has 0 spiro atoms. The van der Waals surface area contributed by atoms with Crippen molar-refractivity contribution in [2.24, 2.45) is 11.3 Å². The van der Waals surface area contributed by atoms with E-state index in [9.17, 15) is 13.2 Å². The predicted molar refractivity (Wildman–Crippen MR) is 106 cm³/mol. The van der Waals surface area contributed by atoms with Crippen molar-refractivity contribution in [2.75, 3.05) is 32.4 Å². The van der Waals surface area contributed by atoms with Crippen LogP contribution in [0.5, 0.6) is 0 Å². The number of hydrogen-bond donors (Lipinski definition) is 0. The molecule has 1 aliphatic carbocycles. The molecule has 1 unspecified atom stereocenters. The van der Waals surface area contributed by atoms with Gasteiger partial charge >= 0.3 is 0 Å². The summed E-state index contributed by atoms with van der Waals surface area (Å²) in [5, 5.41) is 0. The maximum atomic E-state index is 13.0. The summed E-state index contributed by atoms with van der Waals surface area (Å²) in [6.45, 7) is 8.87. The van der Waals surface area contributed by atoms with Crippen LogP contribution in [0.15, 0.2) is 6.07 Å². The highest BCUT2D eigenvalue weighted by Crippen LogP contribution is 2.40. The van der Waals surface area contributed by atoms with Gasteiger partial charge in [-0.25, -0.2) is 12.7 Å². The van der Waals surface area contributed by atoms with Crippen LogP contribution in [0, 0.1) is 11.3 Å². The number of carbonyl (C=O) groups is 1. The van der Waals surface area contributed by atoms with Crippen LogP contribution in [0.25, 0.3) is 0 Å². The monoisotopic (exact) mass is 398 g/mol. The lowest BCUT2D eigenvalue weighted by Gasteiger charge is -2.33. The molecule has 2 heterocycles. The summed E-state index contributed by atoms with van der Waals surface area (Å²) in [6, 6.07) is 2.10. The zero-order chi connectivity index (χ0) is 19.1. The van der Waals surface area contributed by atoms with Gasteiger partial charge in [0.05, 0.1) is 11.1 Å². The average molecular weight is 399 g/mol. The molecular weight excluding hydrogens is 368 g/mol. The Morgan fingerprint density at radius 3 is 2.58 bits per heavy atom. The van der Waals surface area contributed by atoms with Crippen LogP contribution in [0.1, 0.15) is 53.7 Å². The second kappa shape index (κ2) is 7.24. The van der Waals surface area contributed by atoms with Crippen molar-refractivity contribution in [1.29, 1.82) is 0 Å². The molecule has 0 saturated carbocycles. The number of thiophene rings is 1. The molecule has 1 aliphatic heterocycles. The first-order chi connectivity index (χ1) is 12.1. The third-order valence-corrected chi connectivity index (χ3v) is 8.26. The van der Waals surface area contributed by atoms with Gasteiger partial charge in [0, 0.05) is 31.1 Å². The summed E-state index contributed by atoms with van der Waals surface area (Å²) in [4.78, 5) is 17.0. The Bertz CT molecular complexity index is 777. The van der Waals surface area contributed by atoms with Gasteiger partial charge in [-0.2, -0.15) is 0 Å². The summed E-state index contributed by atoms with van der Waals surface area (Å²) in [5.41, 5.74) is 1.64. The lowest BCUT2D eigenvalue weighted by molar-refractivity contribution is 0.0769. The molecule has 0 N–H and O–H groups in total. The summed E-state index contributed by atoms with van der Waals surface area (Å²) in [7, 11) is -3.19. The van der Waals surface area contributed by atoms with Crippen molar-refractivity contribution in [3.05, 3.63) is 21.4 Å². The Kier molecular flexibility index (Phi) is 5.53. The Balaban J connectivity index is 1.71. The lowest BCUT2D eigenvalue weighted by Crippen LogP contribution is -2.36. The largest absolute Gasteiger partial charge is 0.337 e. The van der Waals surface area contributed by atoms with Crippen LogP contribution >= 0.6 is 11.3 Å². The van der Waals surface area contributed by atoms with Crippen LogP contribution in [0.3, 0.4) is 0 Å². The topological polar surface area (TPSA) is 57.7 Å². The Labute approximate surface area is 161 Å². The fourth-order valence-corrected chi connectivity index (χ4v) is 6.00. The summed E-state index contributed by atoms with van der Waals surface area (Å²) in [6.07, 6.45) is 5.25. The van der Waals surface area contributed by atoms with Crippen molar-refractivity contribution in [2.45, 2.75) is 46.5 Å². The van der Waals surface area contributed by atoms with Crippen molar-refractivity contribution in [3.8, 4) is 0 Å². The number of hydrogen-bond acceptors (Lipinski definition) is 4. The molecular formula is C19H30N2O3S2. The Morgan fingerprint density at radius 2 is 1.92 bits per heavy atom. The van der Waals surface area contributed by atoms with Gasteiger partial charge in [-0.3, -0.25) is 4.79 Å². The average Bonchev–Trinajstić information content (AvgIpc) is 2.79. The normalized spacial score (nSPS) is 22.8. The molecule has 5 nitrogen and oxygen atoms in total. The minimum Gasteiger partial charge on any atom is -0.337 e. The van der Waals surface area contributed by atoms with E-state index in [1.54, 1.807) is 11.3 Å². The molecule has 0 radical (unpaired) electrons. The summed E-state index contributed by atoms with van der Waals surface area (Å²) in [5.74, 6) is 0.723. The van der Waals surface area contributed by atoms with Crippen molar-refractivity contribution >= 4 is 27.3 Å². The first kappa shape index (κ1) is 19.8. The van der Waals surface area contributed by atoms with Gasteiger partial charge in [0.15, 0.2) is 0 Å². The number of aryl methyl sites for hydroxylation is 1. The second-order valence-electron chi connectivity index (χ2n) is 8.67. The first-order valence-corrected chi connectivity index (χ1v) is 12.1. The fraction of sp³-hybridized carbons (Fsp3) is 0.737. The molecule has 1 saturated heterocycles. The number of rotatable bonds is 2. The highest BCUT2D eigenvalue weighted by molar-refractivity contribution is 7.88. The van der Waals surface area contributed by atoms with Crippen LogP contribution in [0.2, 0.25) is 0 Å². The summed E-state index contributed by atoms with van der Waals surface area (Å²) >= 11 is 1.64. The smallest absolute Gasteiger partial charge is 0.263 e. The minimum absolute atomic E-state index is 0.0621. The van der Waals surface area contributed by atoms with E-state index >= 15 is 0 Å². The van der Waals surface area contributed by atoms with E-state index < -0.39 is 10.0 Å². The van der Waals surface area contributed by atoms with Gasteiger partial charge in [-0.1, -0.05) is 20.8 Å². The van der Waals surface area contributed by atoms with Crippen LogP contribution in [-0.4, -0.2) is 56.0 Å². The number of nitrogens with zero attached hydrogens (tertiary/aromatic N) is 2. The molecule has 146 valence electrons. The molecule has 2 aliphatic rings. The molecule has 0 bridgehead atoms. The zero-order valence-corrected chi connectivity index (χ0v) is 17.9. The predicted octanol–water partition coefficient (Wildman–Crippen LogP) is 3.01. The molecule has 1 aromatic rings. The van der Waals surface area contributed by atoms with Gasteiger partial charge in [-0.05, 0) is 48.6 Å². The zero-order valence-electron chi connectivity index (χ0n) is 16.2. The van der Waals surface area contributed by atoms with Crippen molar-refractivity contribution < 1.29 is 13.2 Å². The van der Waals surface area contributed by atoms with E-state index in [0.717, 1.165) is 17.7 Å². The molecule has 0 aromatic carbocycles. The van der Waals surface area contributed by atoms with Gasteiger partial charge in [0.2, 0.25) is 10.0 Å². The molecule has 26 heavy (non-hydrogen) atoms. The molecule has 1 amide bonds. The van der Waals surface area contributed by atoms with Crippen LogP contribution in [0.4, 0.5) is 0 Å². The molecule has 1 fully saturated rings. The molecule has 1 aromatic heterocycles. The second-order valence-corrected chi connectivity index (χ2v) is 11.8. The highest BCUT2D eigenvalue weighted by atomic mass is 32.2. The SMILES string of the molecule is CC(C)(C)C1CCc2sc(C(=O)N3CCCN(S(C)(=O)=O)CC3)cc2C1. The van der Waals surface area contributed by atoms with E-state index in [1.807, 2.05) is 4.90 Å². The lowest BCUT2D eigenvalue weighted by atomic mass is 9.72. The van der Waals surface area contributed by atoms with Crippen molar-refractivity contribution in [1.82, 2.24) is 9.21 Å². The van der Waals surface area contributed by atoms with E-state index in [0.29, 0.717) is 43.9 Å². The van der Waals surface area contributed by atoms with Gasteiger partial charge < -0.3 is 4.90 Å². The molecule has 1 atom stereocenters. The van der Waals surface area contributed by atoms with Crippen molar-refractivity contribution in [3.63, 3.8) is 0 Å². The van der Waals surface area contributed by atoms with Crippen LogP contribution < -0.4 is 0 Å². The molecule has 3 rings (SSSR count). The standard InChI is InChI=1S/C19H30N2O3S2/c1-19(2,3)15-6-7-16-14(12-15)13-17(25-16)18(22)20-8-5-9-21(11-10-20)26(4,23)24/h13,15H,5-12H2,1-4H3. The minimum atomic E-state index is -3.19. The number of amides is 1. The number of carbonyl (C=O) groups excluding carboxylic acids is 1. The van der Waals surface area contributed by atoms with Gasteiger partial charge in [0.1, 0.15) is 0 Å². The Hall–Kier alpha value is -0.920. The van der Waals surface area contributed by atoms with E-state index in [4.69, 9.17) is 0 Å². The van der Waals surface area contributed by atoms with Gasteiger partial charge in [0.25, 0.3) is 5.91 Å². The maximum absolute atomic E-state index is 13.0. The third-order valence-electron chi connectivity index (χ3n) is 5.73. The maximum Gasteiger partial charge on any atom is 0.263 e. The Morgan fingerprint density at radius 1 is 1.19 bits per heavy atom. The van der Waals surface area contributed by atoms with Gasteiger partial charge in [-0.15, -0.1) is 11.3 Å². The molecule has 7 heteroatoms.